The molecule has 0 aliphatic heterocycles. The highest BCUT2D eigenvalue weighted by atomic mass is 15.1. The third-order valence-corrected chi connectivity index (χ3v) is 7.69. The first kappa shape index (κ1) is 23.6. The van der Waals surface area contributed by atoms with Gasteiger partial charge in [-0.05, 0) is 66.3 Å². The van der Waals surface area contributed by atoms with E-state index in [9.17, 15) is 0 Å². The Morgan fingerprint density at radius 2 is 1.24 bits per heavy atom. The van der Waals surface area contributed by atoms with Crippen molar-refractivity contribution in [3.05, 3.63) is 83.4 Å². The van der Waals surface area contributed by atoms with E-state index < -0.39 is 0 Å². The first-order chi connectivity index (χ1) is 16.1. The quantitative estimate of drug-likeness (QED) is 0.269. The molecular weight excluding hydrogens is 398 g/mol. The van der Waals surface area contributed by atoms with Gasteiger partial charge in [-0.25, -0.2) is 0 Å². The van der Waals surface area contributed by atoms with Crippen LogP contribution in [0, 0.1) is 6.92 Å². The molecule has 1 heteroatoms. The lowest BCUT2D eigenvalue weighted by Crippen LogP contribution is -2.26. The van der Waals surface area contributed by atoms with E-state index >= 15 is 0 Å². The van der Waals surface area contributed by atoms with Gasteiger partial charge in [-0.15, -0.1) is 0 Å². The molecule has 0 bridgehead atoms. The van der Waals surface area contributed by atoms with Gasteiger partial charge in [0.15, 0.2) is 0 Å². The van der Waals surface area contributed by atoms with Crippen LogP contribution < -0.4 is 4.90 Å². The van der Waals surface area contributed by atoms with E-state index in [2.05, 4.69) is 99.4 Å². The smallest absolute Gasteiger partial charge is 0.0411 e. The molecule has 1 atom stereocenters. The van der Waals surface area contributed by atoms with Crippen LogP contribution in [0.15, 0.2) is 66.7 Å². The third kappa shape index (κ3) is 4.74. The maximum absolute atomic E-state index is 2.52. The maximum atomic E-state index is 2.52. The van der Waals surface area contributed by atoms with Crippen LogP contribution in [0.1, 0.15) is 88.3 Å². The number of anilines is 2. The zero-order valence-electron chi connectivity index (χ0n) is 21.2. The second-order valence-corrected chi connectivity index (χ2v) is 10.0. The van der Waals surface area contributed by atoms with Crippen LogP contribution in [0.4, 0.5) is 11.4 Å². The molecule has 1 aliphatic rings. The Balaban J connectivity index is 1.81. The summed E-state index contributed by atoms with van der Waals surface area (Å²) in [5, 5.41) is 0. The molecular formula is C32H41N. The molecule has 3 aromatic carbocycles. The number of para-hydroxylation sites is 1. The number of hydrogen-bond acceptors (Lipinski definition) is 1. The first-order valence-corrected chi connectivity index (χ1v) is 13.2. The fourth-order valence-electron chi connectivity index (χ4n) is 5.80. The van der Waals surface area contributed by atoms with E-state index in [-0.39, 0.29) is 5.41 Å². The molecule has 1 unspecified atom stereocenters. The van der Waals surface area contributed by atoms with Gasteiger partial charge in [-0.3, -0.25) is 0 Å². The molecule has 174 valence electrons. The van der Waals surface area contributed by atoms with Crippen LogP contribution in [-0.2, 0) is 5.41 Å². The predicted molar refractivity (Wildman–Crippen MR) is 145 cm³/mol. The van der Waals surface area contributed by atoms with Crippen LogP contribution in [0.25, 0.3) is 11.1 Å². The van der Waals surface area contributed by atoms with Gasteiger partial charge in [0.05, 0.1) is 0 Å². The fourth-order valence-corrected chi connectivity index (χ4v) is 5.80. The van der Waals surface area contributed by atoms with Crippen LogP contribution in [0.5, 0.6) is 0 Å². The Kier molecular flexibility index (Phi) is 7.58. The van der Waals surface area contributed by atoms with Crippen LogP contribution in [0.3, 0.4) is 0 Å². The van der Waals surface area contributed by atoms with Gasteiger partial charge in [-0.2, -0.15) is 0 Å². The molecule has 3 aromatic rings. The van der Waals surface area contributed by atoms with Crippen molar-refractivity contribution in [3.63, 3.8) is 0 Å². The Labute approximate surface area is 201 Å². The van der Waals surface area contributed by atoms with E-state index in [0.717, 1.165) is 0 Å². The number of fused-ring (bicyclic) bond motifs is 3. The molecule has 33 heavy (non-hydrogen) atoms. The topological polar surface area (TPSA) is 3.24 Å². The normalized spacial score (nSPS) is 16.5. The Bertz CT molecular complexity index is 1050. The number of nitrogens with zero attached hydrogens (tertiary/aromatic N) is 1. The monoisotopic (exact) mass is 439 g/mol. The third-order valence-electron chi connectivity index (χ3n) is 7.69. The Hall–Kier alpha value is -2.54. The van der Waals surface area contributed by atoms with Gasteiger partial charge in [0.25, 0.3) is 0 Å². The lowest BCUT2D eigenvalue weighted by Gasteiger charge is -2.34. The minimum absolute atomic E-state index is 0.146. The van der Waals surface area contributed by atoms with Crippen molar-refractivity contribution in [2.24, 2.45) is 0 Å². The van der Waals surface area contributed by atoms with Gasteiger partial charge in [0.2, 0.25) is 0 Å². The number of hydrogen-bond donors (Lipinski definition) is 0. The van der Waals surface area contributed by atoms with E-state index in [1.54, 1.807) is 11.1 Å². The van der Waals surface area contributed by atoms with Gasteiger partial charge in [0.1, 0.15) is 0 Å². The number of aryl methyl sites for hydroxylation is 1. The van der Waals surface area contributed by atoms with Gasteiger partial charge < -0.3 is 4.90 Å². The number of unbranched alkanes of at least 4 members (excludes halogenated alkanes) is 5. The lowest BCUT2D eigenvalue weighted by molar-refractivity contribution is 0.403. The van der Waals surface area contributed by atoms with Crippen molar-refractivity contribution in [3.8, 4) is 11.1 Å². The molecule has 4 rings (SSSR count). The maximum Gasteiger partial charge on any atom is 0.0411 e. The molecule has 0 N–H and O–H groups in total. The second-order valence-electron chi connectivity index (χ2n) is 10.0. The van der Waals surface area contributed by atoms with Crippen LogP contribution >= 0.6 is 0 Å². The molecule has 0 heterocycles. The van der Waals surface area contributed by atoms with Gasteiger partial charge in [-0.1, -0.05) is 107 Å². The summed E-state index contributed by atoms with van der Waals surface area (Å²) in [6, 6.07) is 25.2. The van der Waals surface area contributed by atoms with Crippen molar-refractivity contribution in [2.45, 2.75) is 84.0 Å². The van der Waals surface area contributed by atoms with Crippen molar-refractivity contribution in [1.29, 1.82) is 0 Å². The summed E-state index contributed by atoms with van der Waals surface area (Å²) in [5.74, 6) is 0. The van der Waals surface area contributed by atoms with E-state index in [1.165, 1.54) is 85.9 Å². The van der Waals surface area contributed by atoms with Crippen molar-refractivity contribution in [1.82, 2.24) is 0 Å². The molecule has 0 saturated heterocycles. The van der Waals surface area contributed by atoms with E-state index in [4.69, 9.17) is 0 Å². The zero-order valence-corrected chi connectivity index (χ0v) is 21.2. The molecule has 0 saturated carbocycles. The molecule has 0 amide bonds. The molecule has 0 aromatic heterocycles. The summed E-state index contributed by atoms with van der Waals surface area (Å²) in [5.41, 5.74) is 10.1. The molecule has 1 aliphatic carbocycles. The minimum Gasteiger partial charge on any atom is -0.345 e. The van der Waals surface area contributed by atoms with Gasteiger partial charge in [0, 0.05) is 23.8 Å². The summed E-state index contributed by atoms with van der Waals surface area (Å²) in [6.45, 7) is 6.89. The molecule has 0 spiro atoms. The second kappa shape index (κ2) is 10.6. The first-order valence-electron chi connectivity index (χ1n) is 13.2. The van der Waals surface area contributed by atoms with Crippen LogP contribution in [0.2, 0.25) is 0 Å². The van der Waals surface area contributed by atoms with Crippen molar-refractivity contribution in [2.75, 3.05) is 11.9 Å². The lowest BCUT2D eigenvalue weighted by atomic mass is 9.70. The highest BCUT2D eigenvalue weighted by molar-refractivity contribution is 5.84. The molecule has 1 nitrogen and oxygen atoms in total. The van der Waals surface area contributed by atoms with Crippen molar-refractivity contribution < 1.29 is 0 Å². The van der Waals surface area contributed by atoms with E-state index in [1.807, 2.05) is 0 Å². The number of benzene rings is 3. The average Bonchev–Trinajstić information content (AvgIpc) is 3.11. The largest absolute Gasteiger partial charge is 0.345 e. The highest BCUT2D eigenvalue weighted by Crippen LogP contribution is 2.55. The average molecular weight is 440 g/mol. The zero-order chi connectivity index (χ0) is 23.3. The summed E-state index contributed by atoms with van der Waals surface area (Å²) in [7, 11) is 2.20. The summed E-state index contributed by atoms with van der Waals surface area (Å²) in [4.78, 5) is 2.34. The number of rotatable bonds is 11. The molecule has 0 fully saturated rings. The van der Waals surface area contributed by atoms with Crippen LogP contribution in [-0.4, -0.2) is 7.05 Å². The molecule has 0 radical (unpaired) electrons. The predicted octanol–water partition coefficient (Wildman–Crippen LogP) is 9.58. The fraction of sp³-hybridized carbons (Fsp3) is 0.438. The summed E-state index contributed by atoms with van der Waals surface area (Å²) >= 11 is 0. The summed E-state index contributed by atoms with van der Waals surface area (Å²) < 4.78 is 0. The van der Waals surface area contributed by atoms with E-state index in [0.29, 0.717) is 0 Å². The summed E-state index contributed by atoms with van der Waals surface area (Å²) in [6.07, 6.45) is 11.7. The standard InChI is InChI=1S/C32H41N/c1-5-7-9-14-22-32(21-13-8-6-2)30-23-25(3)17-19-28(30)29-20-18-27(24-31(29)32)33(4)26-15-11-10-12-16-26/h10-12,15-20,23-24H,5-9,13-14,21-22H2,1-4H3. The Morgan fingerprint density at radius 1 is 0.636 bits per heavy atom. The highest BCUT2D eigenvalue weighted by Gasteiger charge is 2.42. The SMILES string of the molecule is CCCCCCC1(CCCCC)c2cc(C)ccc2-c2ccc(N(C)c3ccccc3)cc21. The van der Waals surface area contributed by atoms with Gasteiger partial charge >= 0.3 is 0 Å². The minimum atomic E-state index is 0.146. The Morgan fingerprint density at radius 3 is 1.94 bits per heavy atom. The van der Waals surface area contributed by atoms with Crippen molar-refractivity contribution >= 4 is 11.4 Å².